The van der Waals surface area contributed by atoms with Crippen LogP contribution in [0, 0.1) is 12.3 Å². The second-order valence-electron chi connectivity index (χ2n) is 7.08. The molecule has 0 unspecified atom stereocenters. The van der Waals surface area contributed by atoms with Gasteiger partial charge in [-0.05, 0) is 38.4 Å². The molecule has 0 aromatic carbocycles. The van der Waals surface area contributed by atoms with E-state index >= 15 is 0 Å². The Balaban J connectivity index is 1.70. The molecule has 126 valence electrons. The molecule has 5 heteroatoms. The van der Waals surface area contributed by atoms with Gasteiger partial charge in [-0.1, -0.05) is 6.07 Å². The maximum absolute atomic E-state index is 11.8. The Bertz CT molecular complexity index is 563. The van der Waals surface area contributed by atoms with Gasteiger partial charge in [-0.2, -0.15) is 0 Å². The van der Waals surface area contributed by atoms with E-state index in [1.54, 1.807) is 6.92 Å². The van der Waals surface area contributed by atoms with Gasteiger partial charge in [0.2, 0.25) is 5.91 Å². The smallest absolute Gasteiger partial charge is 0.219 e. The minimum atomic E-state index is 0.0737. The topological polar surface area (TPSA) is 45.7 Å². The fourth-order valence-corrected chi connectivity index (χ4v) is 3.87. The van der Waals surface area contributed by atoms with Crippen molar-refractivity contribution in [3.05, 3.63) is 29.6 Å². The standard InChI is InChI=1S/C18H27N3O2/c1-15-5-3-6-17(19-15)11-20-8-4-7-18(12-20)13-21(16(2)22)9-10-23-14-18/h3,5-6H,4,7-14H2,1-2H3/t18-/m1/s1. The molecule has 1 amide bonds. The summed E-state index contributed by atoms with van der Waals surface area (Å²) < 4.78 is 5.85. The number of aryl methyl sites for hydroxylation is 1. The van der Waals surface area contributed by atoms with Gasteiger partial charge in [-0.15, -0.1) is 0 Å². The average Bonchev–Trinajstić information content (AvgIpc) is 2.70. The molecule has 5 nitrogen and oxygen atoms in total. The summed E-state index contributed by atoms with van der Waals surface area (Å²) in [4.78, 5) is 20.9. The van der Waals surface area contributed by atoms with Crippen LogP contribution in [0.1, 0.15) is 31.2 Å². The molecular weight excluding hydrogens is 290 g/mol. The van der Waals surface area contributed by atoms with Gasteiger partial charge in [0.25, 0.3) is 0 Å². The number of aromatic nitrogens is 1. The second-order valence-corrected chi connectivity index (χ2v) is 7.08. The van der Waals surface area contributed by atoms with Crippen LogP contribution >= 0.6 is 0 Å². The number of hydrogen-bond acceptors (Lipinski definition) is 4. The van der Waals surface area contributed by atoms with Crippen LogP contribution < -0.4 is 0 Å². The van der Waals surface area contributed by atoms with E-state index in [0.29, 0.717) is 6.61 Å². The molecule has 1 atom stereocenters. The first kappa shape index (κ1) is 16.4. The number of ether oxygens (including phenoxy) is 1. The molecule has 2 fully saturated rings. The normalized spacial score (nSPS) is 26.3. The molecule has 0 aliphatic carbocycles. The summed E-state index contributed by atoms with van der Waals surface area (Å²) in [6.45, 7) is 9.60. The van der Waals surface area contributed by atoms with Crippen LogP contribution in [0.15, 0.2) is 18.2 Å². The zero-order valence-corrected chi connectivity index (χ0v) is 14.3. The first-order valence-corrected chi connectivity index (χ1v) is 8.55. The molecule has 0 saturated carbocycles. The lowest BCUT2D eigenvalue weighted by atomic mass is 9.80. The molecule has 0 bridgehead atoms. The molecule has 2 aliphatic heterocycles. The highest BCUT2D eigenvalue weighted by atomic mass is 16.5. The van der Waals surface area contributed by atoms with Gasteiger partial charge >= 0.3 is 0 Å². The minimum absolute atomic E-state index is 0.0737. The summed E-state index contributed by atoms with van der Waals surface area (Å²) in [5.74, 6) is 0.160. The van der Waals surface area contributed by atoms with Gasteiger partial charge in [0, 0.05) is 44.2 Å². The molecule has 3 rings (SSSR count). The van der Waals surface area contributed by atoms with Crippen molar-refractivity contribution in [1.29, 1.82) is 0 Å². The van der Waals surface area contributed by atoms with Gasteiger partial charge in [-0.25, -0.2) is 0 Å². The molecular formula is C18H27N3O2. The third-order valence-electron chi connectivity index (χ3n) is 4.96. The van der Waals surface area contributed by atoms with Gasteiger partial charge < -0.3 is 9.64 Å². The number of carbonyl (C=O) groups excluding carboxylic acids is 1. The monoisotopic (exact) mass is 317 g/mol. The number of piperidine rings is 1. The average molecular weight is 317 g/mol. The predicted molar refractivity (Wildman–Crippen MR) is 89.0 cm³/mol. The lowest BCUT2D eigenvalue weighted by molar-refractivity contribution is -0.130. The van der Waals surface area contributed by atoms with Crippen molar-refractivity contribution in [3.63, 3.8) is 0 Å². The van der Waals surface area contributed by atoms with Crippen LogP contribution in [0.5, 0.6) is 0 Å². The maximum Gasteiger partial charge on any atom is 0.219 e. The Morgan fingerprint density at radius 2 is 2.22 bits per heavy atom. The molecule has 3 heterocycles. The Labute approximate surface area is 138 Å². The van der Waals surface area contributed by atoms with Crippen molar-refractivity contribution in [2.45, 2.75) is 33.2 Å². The first-order chi connectivity index (χ1) is 11.1. The number of likely N-dealkylation sites (tertiary alicyclic amines) is 1. The molecule has 1 aromatic heterocycles. The molecule has 2 saturated heterocycles. The van der Waals surface area contributed by atoms with Crippen molar-refractivity contribution < 1.29 is 9.53 Å². The fraction of sp³-hybridized carbons (Fsp3) is 0.667. The summed E-state index contributed by atoms with van der Waals surface area (Å²) >= 11 is 0. The Hall–Kier alpha value is -1.46. The van der Waals surface area contributed by atoms with E-state index in [0.717, 1.165) is 63.6 Å². The predicted octanol–water partition coefficient (Wildman–Crippen LogP) is 1.85. The van der Waals surface area contributed by atoms with Crippen LogP contribution in [0.25, 0.3) is 0 Å². The van der Waals surface area contributed by atoms with Crippen molar-refractivity contribution in [1.82, 2.24) is 14.8 Å². The second kappa shape index (κ2) is 6.97. The highest BCUT2D eigenvalue weighted by Crippen LogP contribution is 2.33. The SMILES string of the molecule is CC(=O)N1CCOC[C@@]2(CCCN(Cc3cccc(C)n3)C2)C1. The molecule has 0 N–H and O–H groups in total. The summed E-state index contributed by atoms with van der Waals surface area (Å²) in [5, 5.41) is 0. The summed E-state index contributed by atoms with van der Waals surface area (Å²) in [7, 11) is 0. The van der Waals surface area contributed by atoms with Crippen molar-refractivity contribution in [2.24, 2.45) is 5.41 Å². The van der Waals surface area contributed by atoms with Crippen molar-refractivity contribution in [2.75, 3.05) is 39.4 Å². The van der Waals surface area contributed by atoms with E-state index in [1.807, 2.05) is 17.9 Å². The minimum Gasteiger partial charge on any atom is -0.379 e. The van der Waals surface area contributed by atoms with Crippen LogP contribution in [0.2, 0.25) is 0 Å². The molecule has 0 radical (unpaired) electrons. The highest BCUT2D eigenvalue weighted by Gasteiger charge is 2.39. The lowest BCUT2D eigenvalue weighted by Gasteiger charge is -2.43. The van der Waals surface area contributed by atoms with E-state index in [4.69, 9.17) is 4.74 Å². The quantitative estimate of drug-likeness (QED) is 0.835. The Morgan fingerprint density at radius 1 is 1.35 bits per heavy atom. The van der Waals surface area contributed by atoms with Crippen LogP contribution in [-0.4, -0.2) is 60.1 Å². The zero-order valence-electron chi connectivity index (χ0n) is 14.3. The van der Waals surface area contributed by atoms with Gasteiger partial charge in [0.05, 0.1) is 18.9 Å². The first-order valence-electron chi connectivity index (χ1n) is 8.55. The largest absolute Gasteiger partial charge is 0.379 e. The number of amides is 1. The lowest BCUT2D eigenvalue weighted by Crippen LogP contribution is -2.51. The van der Waals surface area contributed by atoms with E-state index in [-0.39, 0.29) is 11.3 Å². The molecule has 1 spiro atoms. The number of pyridine rings is 1. The highest BCUT2D eigenvalue weighted by molar-refractivity contribution is 5.73. The Kier molecular flexibility index (Phi) is 4.97. The maximum atomic E-state index is 11.8. The summed E-state index contributed by atoms with van der Waals surface area (Å²) in [6.07, 6.45) is 2.29. The van der Waals surface area contributed by atoms with Crippen molar-refractivity contribution >= 4 is 5.91 Å². The van der Waals surface area contributed by atoms with E-state index in [9.17, 15) is 4.79 Å². The van der Waals surface area contributed by atoms with E-state index in [1.165, 1.54) is 0 Å². The van der Waals surface area contributed by atoms with Crippen LogP contribution in [-0.2, 0) is 16.1 Å². The molecule has 2 aliphatic rings. The fourth-order valence-electron chi connectivity index (χ4n) is 3.87. The summed E-state index contributed by atoms with van der Waals surface area (Å²) in [5.41, 5.74) is 2.26. The number of carbonyl (C=O) groups is 1. The van der Waals surface area contributed by atoms with E-state index in [2.05, 4.69) is 22.0 Å². The number of nitrogens with zero attached hydrogens (tertiary/aromatic N) is 3. The van der Waals surface area contributed by atoms with Gasteiger partial charge in [0.15, 0.2) is 0 Å². The molecule has 23 heavy (non-hydrogen) atoms. The van der Waals surface area contributed by atoms with Gasteiger partial charge in [0.1, 0.15) is 0 Å². The number of hydrogen-bond donors (Lipinski definition) is 0. The molecule has 1 aromatic rings. The number of rotatable bonds is 2. The van der Waals surface area contributed by atoms with Crippen LogP contribution in [0.4, 0.5) is 0 Å². The van der Waals surface area contributed by atoms with E-state index < -0.39 is 0 Å². The van der Waals surface area contributed by atoms with Crippen LogP contribution in [0.3, 0.4) is 0 Å². The third-order valence-corrected chi connectivity index (χ3v) is 4.96. The van der Waals surface area contributed by atoms with Crippen molar-refractivity contribution in [3.8, 4) is 0 Å². The van der Waals surface area contributed by atoms with Gasteiger partial charge in [-0.3, -0.25) is 14.7 Å². The zero-order chi connectivity index (χ0) is 16.3. The third kappa shape index (κ3) is 4.09. The summed E-state index contributed by atoms with van der Waals surface area (Å²) in [6, 6.07) is 6.20. The Morgan fingerprint density at radius 3 is 3.00 bits per heavy atom.